The minimum Gasteiger partial charge on any atom is -0.494 e. The molecule has 0 aliphatic heterocycles. The molecule has 0 saturated carbocycles. The molecular formula is C22H23BrN2O2S. The number of thiazole rings is 1. The maximum atomic E-state index is 12.3. The van der Waals surface area contributed by atoms with Gasteiger partial charge in [0.15, 0.2) is 5.13 Å². The van der Waals surface area contributed by atoms with Gasteiger partial charge in [-0.05, 0) is 49.6 Å². The van der Waals surface area contributed by atoms with Crippen LogP contribution in [0.4, 0.5) is 5.13 Å². The fourth-order valence-corrected chi connectivity index (χ4v) is 3.99. The number of hydrogen-bond acceptors (Lipinski definition) is 4. The fourth-order valence-electron chi connectivity index (χ4n) is 2.79. The third kappa shape index (κ3) is 5.66. The molecule has 146 valence electrons. The number of carbonyl (C=O) groups excluding carboxylic acids is 1. The van der Waals surface area contributed by atoms with Crippen molar-refractivity contribution >= 4 is 38.3 Å². The first-order valence-corrected chi connectivity index (χ1v) is 10.9. The summed E-state index contributed by atoms with van der Waals surface area (Å²) in [6.45, 7) is 4.64. The highest BCUT2D eigenvalue weighted by Gasteiger charge is 2.13. The third-order valence-corrected chi connectivity index (χ3v) is 5.83. The molecule has 3 aromatic rings. The van der Waals surface area contributed by atoms with E-state index >= 15 is 0 Å². The van der Waals surface area contributed by atoms with Crippen LogP contribution in [0.3, 0.4) is 0 Å². The molecule has 0 atom stereocenters. The summed E-state index contributed by atoms with van der Waals surface area (Å²) in [5.41, 5.74) is 3.16. The number of benzene rings is 2. The zero-order valence-electron chi connectivity index (χ0n) is 16.0. The van der Waals surface area contributed by atoms with Gasteiger partial charge in [0.05, 0.1) is 12.3 Å². The maximum absolute atomic E-state index is 12.3. The smallest absolute Gasteiger partial charge is 0.226 e. The van der Waals surface area contributed by atoms with Gasteiger partial charge in [-0.25, -0.2) is 4.98 Å². The Morgan fingerprint density at radius 3 is 2.71 bits per heavy atom. The van der Waals surface area contributed by atoms with Crippen molar-refractivity contribution in [2.75, 3.05) is 11.9 Å². The van der Waals surface area contributed by atoms with Crippen molar-refractivity contribution < 1.29 is 9.53 Å². The summed E-state index contributed by atoms with van der Waals surface area (Å²) in [4.78, 5) is 18.1. The van der Waals surface area contributed by atoms with Crippen LogP contribution in [0.5, 0.6) is 5.75 Å². The van der Waals surface area contributed by atoms with Crippen molar-refractivity contribution in [2.45, 2.75) is 33.1 Å². The Labute approximate surface area is 178 Å². The first-order valence-electron chi connectivity index (χ1n) is 9.30. The van der Waals surface area contributed by atoms with Gasteiger partial charge in [0.2, 0.25) is 5.91 Å². The molecule has 0 fully saturated rings. The van der Waals surface area contributed by atoms with Crippen LogP contribution in [0, 0.1) is 6.92 Å². The molecule has 0 aliphatic carbocycles. The van der Waals surface area contributed by atoms with E-state index in [-0.39, 0.29) is 5.91 Å². The molecule has 0 spiro atoms. The number of anilines is 1. The zero-order valence-corrected chi connectivity index (χ0v) is 18.4. The Morgan fingerprint density at radius 1 is 1.21 bits per heavy atom. The molecule has 6 heteroatoms. The highest BCUT2D eigenvalue weighted by atomic mass is 79.9. The number of nitrogens with one attached hydrogen (secondary N) is 1. The van der Waals surface area contributed by atoms with E-state index in [1.807, 2.05) is 55.5 Å². The lowest BCUT2D eigenvalue weighted by atomic mass is 10.1. The molecule has 0 aliphatic rings. The zero-order chi connectivity index (χ0) is 19.9. The van der Waals surface area contributed by atoms with Gasteiger partial charge in [-0.2, -0.15) is 0 Å². The van der Waals surface area contributed by atoms with Crippen LogP contribution in [0.1, 0.15) is 30.2 Å². The SMILES string of the molecule is CCc1sc(NC(=O)CCCOc2cccc(C)c2)nc1-c1ccc(Br)cc1. The summed E-state index contributed by atoms with van der Waals surface area (Å²) in [6, 6.07) is 16.0. The van der Waals surface area contributed by atoms with Crippen LogP contribution in [-0.2, 0) is 11.2 Å². The van der Waals surface area contributed by atoms with Crippen LogP contribution in [0.15, 0.2) is 53.0 Å². The number of rotatable bonds is 8. The van der Waals surface area contributed by atoms with E-state index in [1.54, 1.807) is 0 Å². The molecule has 1 N–H and O–H groups in total. The molecule has 4 nitrogen and oxygen atoms in total. The average Bonchev–Trinajstić information content (AvgIpc) is 3.08. The Morgan fingerprint density at radius 2 is 2.00 bits per heavy atom. The quantitative estimate of drug-likeness (QED) is 0.406. The van der Waals surface area contributed by atoms with Gasteiger partial charge in [-0.1, -0.05) is 47.1 Å². The number of hydrogen-bond donors (Lipinski definition) is 1. The predicted molar refractivity (Wildman–Crippen MR) is 119 cm³/mol. The molecular weight excluding hydrogens is 436 g/mol. The second-order valence-corrected chi connectivity index (χ2v) is 8.47. The van der Waals surface area contributed by atoms with Crippen LogP contribution in [-0.4, -0.2) is 17.5 Å². The molecule has 1 aromatic heterocycles. The Kier molecular flexibility index (Phi) is 7.23. The molecule has 2 aromatic carbocycles. The molecule has 0 bridgehead atoms. The number of ether oxygens (including phenoxy) is 1. The molecule has 0 unspecified atom stereocenters. The van der Waals surface area contributed by atoms with Crippen molar-refractivity contribution in [3.05, 3.63) is 63.4 Å². The van der Waals surface area contributed by atoms with E-state index in [9.17, 15) is 4.79 Å². The lowest BCUT2D eigenvalue weighted by molar-refractivity contribution is -0.116. The summed E-state index contributed by atoms with van der Waals surface area (Å²) in [7, 11) is 0. The van der Waals surface area contributed by atoms with Gasteiger partial charge >= 0.3 is 0 Å². The lowest BCUT2D eigenvalue weighted by Crippen LogP contribution is -2.12. The molecule has 3 rings (SSSR count). The lowest BCUT2D eigenvalue weighted by Gasteiger charge is -2.06. The number of halogens is 1. The third-order valence-electron chi connectivity index (χ3n) is 4.19. The first-order chi connectivity index (χ1) is 13.5. The first kappa shape index (κ1) is 20.6. The van der Waals surface area contributed by atoms with Gasteiger partial charge in [0.25, 0.3) is 0 Å². The van der Waals surface area contributed by atoms with Crippen molar-refractivity contribution in [2.24, 2.45) is 0 Å². The summed E-state index contributed by atoms with van der Waals surface area (Å²) in [6.07, 6.45) is 1.94. The Bertz CT molecular complexity index is 938. The van der Waals surface area contributed by atoms with Gasteiger partial charge < -0.3 is 10.1 Å². The highest BCUT2D eigenvalue weighted by molar-refractivity contribution is 9.10. The van der Waals surface area contributed by atoms with Crippen LogP contribution >= 0.6 is 27.3 Å². The number of aromatic nitrogens is 1. The topological polar surface area (TPSA) is 51.2 Å². The predicted octanol–water partition coefficient (Wildman–Crippen LogP) is 6.24. The van der Waals surface area contributed by atoms with Gasteiger partial charge in [-0.15, -0.1) is 11.3 Å². The number of aryl methyl sites for hydroxylation is 2. The van der Waals surface area contributed by atoms with Crippen LogP contribution < -0.4 is 10.1 Å². The molecule has 28 heavy (non-hydrogen) atoms. The minimum atomic E-state index is -0.0356. The van der Waals surface area contributed by atoms with E-state index in [4.69, 9.17) is 4.74 Å². The molecule has 0 saturated heterocycles. The number of nitrogens with zero attached hydrogens (tertiary/aromatic N) is 1. The van der Waals surface area contributed by atoms with E-state index < -0.39 is 0 Å². The van der Waals surface area contributed by atoms with E-state index in [2.05, 4.69) is 33.2 Å². The van der Waals surface area contributed by atoms with Crippen molar-refractivity contribution in [1.29, 1.82) is 0 Å². The van der Waals surface area contributed by atoms with E-state index in [0.29, 0.717) is 24.6 Å². The van der Waals surface area contributed by atoms with Crippen LogP contribution in [0.25, 0.3) is 11.3 Å². The molecule has 1 heterocycles. The van der Waals surface area contributed by atoms with Crippen molar-refractivity contribution in [1.82, 2.24) is 4.98 Å². The van der Waals surface area contributed by atoms with Gasteiger partial charge in [-0.3, -0.25) is 4.79 Å². The van der Waals surface area contributed by atoms with Crippen molar-refractivity contribution in [3.8, 4) is 17.0 Å². The average molecular weight is 459 g/mol. The fraction of sp³-hybridized carbons (Fsp3) is 0.273. The normalized spacial score (nSPS) is 10.7. The van der Waals surface area contributed by atoms with Gasteiger partial charge in [0.1, 0.15) is 5.75 Å². The molecule has 1 amide bonds. The van der Waals surface area contributed by atoms with Crippen LogP contribution in [0.2, 0.25) is 0 Å². The number of amides is 1. The monoisotopic (exact) mass is 458 g/mol. The summed E-state index contributed by atoms with van der Waals surface area (Å²) in [5, 5.41) is 3.58. The molecule has 0 radical (unpaired) electrons. The largest absolute Gasteiger partial charge is 0.494 e. The summed E-state index contributed by atoms with van der Waals surface area (Å²) in [5.74, 6) is 0.804. The number of carbonyl (C=O) groups is 1. The van der Waals surface area contributed by atoms with Crippen molar-refractivity contribution in [3.63, 3.8) is 0 Å². The highest BCUT2D eigenvalue weighted by Crippen LogP contribution is 2.32. The summed E-state index contributed by atoms with van der Waals surface area (Å²) < 4.78 is 6.73. The van der Waals surface area contributed by atoms with E-state index in [1.165, 1.54) is 16.2 Å². The Balaban J connectivity index is 1.53. The van der Waals surface area contributed by atoms with Gasteiger partial charge in [0, 0.05) is 21.3 Å². The second kappa shape index (κ2) is 9.85. The summed E-state index contributed by atoms with van der Waals surface area (Å²) >= 11 is 4.99. The second-order valence-electron chi connectivity index (χ2n) is 6.47. The maximum Gasteiger partial charge on any atom is 0.226 e. The Hall–Kier alpha value is -2.18. The minimum absolute atomic E-state index is 0.0356. The standard InChI is InChI=1S/C22H23BrN2O2S/c1-3-19-21(16-9-11-17(23)12-10-16)25-22(28-19)24-20(26)8-5-13-27-18-7-4-6-15(2)14-18/h4,6-7,9-12,14H,3,5,8,13H2,1-2H3,(H,24,25,26). The van der Waals surface area contributed by atoms with E-state index in [0.717, 1.165) is 33.5 Å².